The third kappa shape index (κ3) is 7.47. The monoisotopic (exact) mass is 488 g/mol. The Hall–Kier alpha value is -3.55. The standard InChI is InChI=1S/C27H27F3O5/c1-3-5-6-8-18-11-13-21(24(16-18)35-27(28,29)30)22-17-20-12-10-19(15-23(20)34-26(22)32)9-7-14-33-25(31)4-2/h4,10-13,15-17H,2-3,5-9,14H2,1H3. The van der Waals surface area contributed by atoms with Gasteiger partial charge in [-0.15, -0.1) is 13.2 Å². The Bertz CT molecular complexity index is 1240. The number of alkyl halides is 3. The van der Waals surface area contributed by atoms with E-state index in [-0.39, 0.29) is 17.7 Å². The van der Waals surface area contributed by atoms with Crippen molar-refractivity contribution < 1.29 is 31.9 Å². The van der Waals surface area contributed by atoms with Crippen molar-refractivity contribution in [1.29, 1.82) is 0 Å². The summed E-state index contributed by atoms with van der Waals surface area (Å²) < 4.78 is 54.0. The first kappa shape index (κ1) is 26.1. The zero-order valence-electron chi connectivity index (χ0n) is 19.5. The van der Waals surface area contributed by atoms with Gasteiger partial charge < -0.3 is 13.9 Å². The van der Waals surface area contributed by atoms with Gasteiger partial charge in [-0.3, -0.25) is 0 Å². The molecule has 0 aliphatic carbocycles. The summed E-state index contributed by atoms with van der Waals surface area (Å²) in [7, 11) is 0. The fourth-order valence-corrected chi connectivity index (χ4v) is 3.74. The average molecular weight is 489 g/mol. The number of carbonyl (C=O) groups is 1. The number of unbranched alkanes of at least 4 members (excludes halogenated alkanes) is 2. The maximum Gasteiger partial charge on any atom is 0.573 e. The van der Waals surface area contributed by atoms with Crippen molar-refractivity contribution in [2.24, 2.45) is 0 Å². The van der Waals surface area contributed by atoms with Crippen LogP contribution in [0.3, 0.4) is 0 Å². The second-order valence-corrected chi connectivity index (χ2v) is 8.13. The van der Waals surface area contributed by atoms with Crippen molar-refractivity contribution in [3.8, 4) is 16.9 Å². The molecule has 0 saturated heterocycles. The minimum Gasteiger partial charge on any atom is -0.463 e. The first-order chi connectivity index (χ1) is 16.7. The normalized spacial score (nSPS) is 11.4. The minimum atomic E-state index is -4.90. The predicted octanol–water partition coefficient (Wildman–Crippen LogP) is 6.75. The summed E-state index contributed by atoms with van der Waals surface area (Å²) in [5.74, 6) is -0.922. The summed E-state index contributed by atoms with van der Waals surface area (Å²) in [6.45, 7) is 5.60. The van der Waals surface area contributed by atoms with E-state index in [0.29, 0.717) is 35.8 Å². The number of carbonyl (C=O) groups excluding carboxylic acids is 1. The lowest BCUT2D eigenvalue weighted by Crippen LogP contribution is -2.18. The van der Waals surface area contributed by atoms with Crippen molar-refractivity contribution in [3.63, 3.8) is 0 Å². The highest BCUT2D eigenvalue weighted by molar-refractivity contribution is 5.83. The lowest BCUT2D eigenvalue weighted by Gasteiger charge is -2.15. The van der Waals surface area contributed by atoms with Crippen molar-refractivity contribution in [1.82, 2.24) is 0 Å². The van der Waals surface area contributed by atoms with Gasteiger partial charge in [0.05, 0.1) is 12.2 Å². The Labute approximate surface area is 201 Å². The van der Waals surface area contributed by atoms with Crippen LogP contribution in [-0.2, 0) is 22.4 Å². The van der Waals surface area contributed by atoms with E-state index >= 15 is 0 Å². The largest absolute Gasteiger partial charge is 0.573 e. The molecule has 0 unspecified atom stereocenters. The zero-order chi connectivity index (χ0) is 25.4. The maximum atomic E-state index is 13.1. The molecule has 0 spiro atoms. The molecule has 8 heteroatoms. The molecule has 0 N–H and O–H groups in total. The fourth-order valence-electron chi connectivity index (χ4n) is 3.74. The molecular formula is C27H27F3O5. The number of hydrogen-bond donors (Lipinski definition) is 0. The number of ether oxygens (including phenoxy) is 2. The molecular weight excluding hydrogens is 461 g/mol. The van der Waals surface area contributed by atoms with Gasteiger partial charge in [-0.05, 0) is 55.0 Å². The molecule has 2 aromatic carbocycles. The first-order valence-corrected chi connectivity index (χ1v) is 11.4. The minimum absolute atomic E-state index is 0.0130. The molecule has 0 bridgehead atoms. The van der Waals surface area contributed by atoms with Gasteiger partial charge in [-0.25, -0.2) is 9.59 Å². The Morgan fingerprint density at radius 1 is 1.00 bits per heavy atom. The molecule has 3 rings (SSSR count). The summed E-state index contributed by atoms with van der Waals surface area (Å²) >= 11 is 0. The molecule has 0 amide bonds. The highest BCUT2D eigenvalue weighted by Gasteiger charge is 2.32. The van der Waals surface area contributed by atoms with Crippen molar-refractivity contribution in [2.45, 2.75) is 51.8 Å². The highest BCUT2D eigenvalue weighted by atomic mass is 19.4. The molecule has 35 heavy (non-hydrogen) atoms. The molecule has 0 atom stereocenters. The molecule has 186 valence electrons. The predicted molar refractivity (Wildman–Crippen MR) is 127 cm³/mol. The van der Waals surface area contributed by atoms with E-state index in [1.165, 1.54) is 18.2 Å². The van der Waals surface area contributed by atoms with E-state index in [2.05, 4.69) is 11.3 Å². The van der Waals surface area contributed by atoms with E-state index < -0.39 is 23.7 Å². The summed E-state index contributed by atoms with van der Waals surface area (Å²) in [4.78, 5) is 23.9. The van der Waals surface area contributed by atoms with Gasteiger partial charge in [-0.2, -0.15) is 0 Å². The Balaban J connectivity index is 1.89. The Morgan fingerprint density at radius 3 is 2.43 bits per heavy atom. The van der Waals surface area contributed by atoms with Crippen LogP contribution >= 0.6 is 0 Å². The van der Waals surface area contributed by atoms with Crippen LogP contribution in [0.4, 0.5) is 13.2 Å². The van der Waals surface area contributed by atoms with Gasteiger partial charge >= 0.3 is 18.0 Å². The van der Waals surface area contributed by atoms with Gasteiger partial charge in [0.2, 0.25) is 0 Å². The van der Waals surface area contributed by atoms with Gasteiger partial charge in [0, 0.05) is 17.0 Å². The smallest absolute Gasteiger partial charge is 0.463 e. The number of esters is 1. The fraction of sp³-hybridized carbons (Fsp3) is 0.333. The second kappa shape index (κ2) is 11.7. The van der Waals surface area contributed by atoms with Crippen LogP contribution in [0.2, 0.25) is 0 Å². The first-order valence-electron chi connectivity index (χ1n) is 11.4. The van der Waals surface area contributed by atoms with Crippen molar-refractivity contribution in [3.05, 3.63) is 76.7 Å². The van der Waals surface area contributed by atoms with Crippen LogP contribution in [0.15, 0.2) is 64.3 Å². The van der Waals surface area contributed by atoms with Gasteiger partial charge in [0.1, 0.15) is 11.3 Å². The van der Waals surface area contributed by atoms with Crippen molar-refractivity contribution >= 4 is 16.9 Å². The molecule has 0 radical (unpaired) electrons. The van der Waals surface area contributed by atoms with Crippen LogP contribution < -0.4 is 10.4 Å². The second-order valence-electron chi connectivity index (χ2n) is 8.13. The SMILES string of the molecule is C=CC(=O)OCCCc1ccc2cc(-c3ccc(CCCCC)cc3OC(F)(F)F)c(=O)oc2c1. The molecule has 0 fully saturated rings. The summed E-state index contributed by atoms with van der Waals surface area (Å²) in [6, 6.07) is 11.3. The van der Waals surface area contributed by atoms with Gasteiger partial charge in [0.15, 0.2) is 0 Å². The molecule has 0 aliphatic heterocycles. The average Bonchev–Trinajstić information content (AvgIpc) is 2.80. The van der Waals surface area contributed by atoms with Crippen LogP contribution in [-0.4, -0.2) is 18.9 Å². The maximum absolute atomic E-state index is 13.1. The summed E-state index contributed by atoms with van der Waals surface area (Å²) in [6.07, 6.45) is 0.754. The van der Waals surface area contributed by atoms with Crippen molar-refractivity contribution in [2.75, 3.05) is 6.61 Å². The number of fused-ring (bicyclic) bond motifs is 1. The molecule has 5 nitrogen and oxygen atoms in total. The van der Waals surface area contributed by atoms with Crippen LogP contribution in [0.25, 0.3) is 22.1 Å². The number of aryl methyl sites for hydroxylation is 2. The van der Waals surface area contributed by atoms with Crippen LogP contribution in [0.5, 0.6) is 5.75 Å². The molecule has 0 saturated carbocycles. The third-order valence-corrected chi connectivity index (χ3v) is 5.45. The van der Waals surface area contributed by atoms with Gasteiger partial charge in [0.25, 0.3) is 0 Å². The summed E-state index contributed by atoms with van der Waals surface area (Å²) in [5.41, 5.74) is 1.12. The Morgan fingerprint density at radius 2 is 1.71 bits per heavy atom. The van der Waals surface area contributed by atoms with E-state index in [4.69, 9.17) is 9.15 Å². The van der Waals surface area contributed by atoms with E-state index in [1.54, 1.807) is 18.2 Å². The van der Waals surface area contributed by atoms with Crippen LogP contribution in [0, 0.1) is 0 Å². The van der Waals surface area contributed by atoms with E-state index in [9.17, 15) is 22.8 Å². The lowest BCUT2D eigenvalue weighted by atomic mass is 9.99. The van der Waals surface area contributed by atoms with E-state index in [1.807, 2.05) is 13.0 Å². The van der Waals surface area contributed by atoms with E-state index in [0.717, 1.165) is 30.9 Å². The quantitative estimate of drug-likeness (QED) is 0.129. The topological polar surface area (TPSA) is 65.7 Å². The highest BCUT2D eigenvalue weighted by Crippen LogP contribution is 2.35. The molecule has 1 heterocycles. The lowest BCUT2D eigenvalue weighted by molar-refractivity contribution is -0.274. The number of benzene rings is 2. The molecule has 0 aliphatic rings. The number of halogens is 3. The van der Waals surface area contributed by atoms with Gasteiger partial charge in [-0.1, -0.05) is 50.6 Å². The number of rotatable bonds is 11. The number of hydrogen-bond acceptors (Lipinski definition) is 5. The Kier molecular flexibility index (Phi) is 8.73. The zero-order valence-corrected chi connectivity index (χ0v) is 19.5. The molecule has 1 aromatic heterocycles. The molecule has 3 aromatic rings. The van der Waals surface area contributed by atoms with Crippen LogP contribution in [0.1, 0.15) is 43.7 Å². The third-order valence-electron chi connectivity index (χ3n) is 5.45. The summed E-state index contributed by atoms with van der Waals surface area (Å²) in [5, 5.41) is 0.561.